The van der Waals surface area contributed by atoms with Crippen molar-refractivity contribution < 1.29 is 38.6 Å². The fourth-order valence-electron chi connectivity index (χ4n) is 2.93. The molecule has 0 unspecified atom stereocenters. The van der Waals surface area contributed by atoms with Crippen LogP contribution >= 0.6 is 0 Å². The maximum atomic E-state index is 14.0. The Labute approximate surface area is 189 Å². The summed E-state index contributed by atoms with van der Waals surface area (Å²) in [5, 5.41) is 4.38. The van der Waals surface area contributed by atoms with Crippen molar-refractivity contribution in [2.45, 2.75) is 19.3 Å². The third-order valence-corrected chi connectivity index (χ3v) is 4.56. The van der Waals surface area contributed by atoms with Crippen LogP contribution in [-0.2, 0) is 26.5 Å². The van der Waals surface area contributed by atoms with E-state index in [0.717, 1.165) is 12.1 Å². The monoisotopic (exact) mass is 606 g/mol. The Balaban J connectivity index is 0.00000272. The molecule has 0 saturated heterocycles. The number of nitrogens with zero attached hydrogens (tertiary/aromatic N) is 5. The Kier molecular flexibility index (Phi) is 6.36. The van der Waals surface area contributed by atoms with Crippen LogP contribution in [0.25, 0.3) is 16.9 Å². The minimum Gasteiger partial charge on any atom is -0.300 e. The van der Waals surface area contributed by atoms with Gasteiger partial charge in [0.1, 0.15) is 23.8 Å². The van der Waals surface area contributed by atoms with Gasteiger partial charge < -0.3 is 4.98 Å². The van der Waals surface area contributed by atoms with Gasteiger partial charge in [0.05, 0.1) is 11.1 Å². The van der Waals surface area contributed by atoms with Gasteiger partial charge in [0, 0.05) is 11.9 Å². The quantitative estimate of drug-likeness (QED) is 0.199. The summed E-state index contributed by atoms with van der Waals surface area (Å²) in [5.74, 6) is -4.06. The molecule has 0 radical (unpaired) electrons. The largest absolute Gasteiger partial charge is 2.00 e. The van der Waals surface area contributed by atoms with Crippen molar-refractivity contribution >= 4 is 0 Å². The molecular formula is C21H13F4N5Pt. The van der Waals surface area contributed by atoms with E-state index in [4.69, 9.17) is 0 Å². The van der Waals surface area contributed by atoms with E-state index in [1.54, 1.807) is 24.3 Å². The minimum atomic E-state index is -1.08. The topological polar surface area (TPSA) is 56.5 Å². The maximum absolute atomic E-state index is 14.0. The smallest absolute Gasteiger partial charge is 0.300 e. The van der Waals surface area contributed by atoms with Crippen LogP contribution in [0, 0.1) is 35.9 Å². The van der Waals surface area contributed by atoms with Crippen molar-refractivity contribution in [3.8, 4) is 16.9 Å². The first-order chi connectivity index (χ1) is 14.2. The molecule has 160 valence electrons. The van der Waals surface area contributed by atoms with Crippen LogP contribution < -0.4 is 0 Å². The van der Waals surface area contributed by atoms with E-state index in [1.807, 2.05) is 13.8 Å². The number of hydrogen-bond acceptors (Lipinski definition) is 4. The van der Waals surface area contributed by atoms with Crippen LogP contribution in [0.4, 0.5) is 17.6 Å². The van der Waals surface area contributed by atoms with Crippen LogP contribution in [0.3, 0.4) is 0 Å². The van der Waals surface area contributed by atoms with E-state index < -0.39 is 29.2 Å². The molecule has 0 aliphatic rings. The first-order valence-electron chi connectivity index (χ1n) is 8.77. The van der Waals surface area contributed by atoms with Gasteiger partial charge >= 0.3 is 21.1 Å². The molecule has 0 N–H and O–H groups in total. The van der Waals surface area contributed by atoms with Gasteiger partial charge in [0.2, 0.25) is 0 Å². The van der Waals surface area contributed by atoms with Crippen LogP contribution in [0.5, 0.6) is 0 Å². The number of aromatic nitrogens is 5. The standard InChI is InChI=1S/C21H13F4N5.Pt/c1-21(2,16-8-9-30(29-16)12-10-18(23)27-19(24)11-12)15-5-3-4-14(26-15)13-6-7-17(22)28-20(13)25;/h3-5,7-10H,1-2H3;/q-2;+2. The molecule has 0 aromatic carbocycles. The van der Waals surface area contributed by atoms with E-state index in [-0.39, 0.29) is 38.0 Å². The summed E-state index contributed by atoms with van der Waals surface area (Å²) in [4.78, 5) is 10.6. The van der Waals surface area contributed by atoms with Crippen molar-refractivity contribution in [3.05, 3.63) is 89.9 Å². The molecule has 0 spiro atoms. The van der Waals surface area contributed by atoms with Crippen molar-refractivity contribution in [3.63, 3.8) is 0 Å². The third kappa shape index (κ3) is 4.56. The molecule has 5 nitrogen and oxygen atoms in total. The molecule has 4 rings (SSSR count). The molecule has 0 aliphatic carbocycles. The molecule has 0 bridgehead atoms. The van der Waals surface area contributed by atoms with Gasteiger partial charge in [-0.25, -0.2) is 22.5 Å². The average molecular weight is 606 g/mol. The molecule has 4 aromatic rings. The molecule has 0 atom stereocenters. The number of hydrogen-bond donors (Lipinski definition) is 0. The van der Waals surface area contributed by atoms with Gasteiger partial charge in [-0.3, -0.25) is 9.67 Å². The number of pyridine rings is 3. The normalized spacial score (nSPS) is 11.3. The number of halogens is 4. The van der Waals surface area contributed by atoms with Crippen LogP contribution in [-0.4, -0.2) is 24.7 Å². The molecule has 4 heterocycles. The Morgan fingerprint density at radius 1 is 0.935 bits per heavy atom. The Morgan fingerprint density at radius 3 is 2.42 bits per heavy atom. The Morgan fingerprint density at radius 2 is 1.71 bits per heavy atom. The van der Waals surface area contributed by atoms with Crippen molar-refractivity contribution in [2.24, 2.45) is 0 Å². The zero-order valence-corrected chi connectivity index (χ0v) is 18.4. The van der Waals surface area contributed by atoms with Crippen molar-refractivity contribution in [2.75, 3.05) is 0 Å². The predicted octanol–water partition coefficient (Wildman–Crippen LogP) is 4.20. The zero-order valence-electron chi connectivity index (χ0n) is 16.1. The van der Waals surface area contributed by atoms with Crippen LogP contribution in [0.2, 0.25) is 0 Å². The second-order valence-corrected chi connectivity index (χ2v) is 6.95. The van der Waals surface area contributed by atoms with E-state index in [9.17, 15) is 17.6 Å². The van der Waals surface area contributed by atoms with Gasteiger partial charge in [0.25, 0.3) is 0 Å². The predicted molar refractivity (Wildman–Crippen MR) is 98.5 cm³/mol. The first-order valence-corrected chi connectivity index (χ1v) is 8.77. The molecule has 31 heavy (non-hydrogen) atoms. The maximum Gasteiger partial charge on any atom is 2.00 e. The van der Waals surface area contributed by atoms with Crippen LogP contribution in [0.15, 0.2) is 42.6 Å². The van der Waals surface area contributed by atoms with Gasteiger partial charge in [0.15, 0.2) is 0 Å². The second-order valence-electron chi connectivity index (χ2n) is 6.95. The summed E-state index contributed by atoms with van der Waals surface area (Å²) in [5.41, 5.74) is 0.555. The summed E-state index contributed by atoms with van der Waals surface area (Å²) in [6.07, 6.45) is 1.53. The molecule has 0 amide bonds. The van der Waals surface area contributed by atoms with Crippen molar-refractivity contribution in [1.29, 1.82) is 0 Å². The summed E-state index contributed by atoms with van der Waals surface area (Å²) < 4.78 is 55.1. The van der Waals surface area contributed by atoms with Gasteiger partial charge in [-0.05, 0) is 31.7 Å². The molecule has 10 heteroatoms. The Bertz CT molecular complexity index is 1220. The SMILES string of the molecule is CC(C)(c1cccc(-c2[c-]cc(F)nc2F)n1)c1ccn(-c2[c-]c(F)nc(F)c2)n1.[Pt+2]. The summed E-state index contributed by atoms with van der Waals surface area (Å²) in [6.45, 7) is 3.68. The molecular weight excluding hydrogens is 593 g/mol. The Hall–Kier alpha value is -2.93. The molecule has 0 saturated carbocycles. The van der Waals surface area contributed by atoms with Gasteiger partial charge in [-0.15, -0.1) is 12.1 Å². The first kappa shape index (κ1) is 22.7. The zero-order chi connectivity index (χ0) is 21.5. The van der Waals surface area contributed by atoms with Crippen LogP contribution in [0.1, 0.15) is 25.2 Å². The fourth-order valence-corrected chi connectivity index (χ4v) is 2.93. The summed E-state index contributed by atoms with van der Waals surface area (Å²) in [6, 6.07) is 13.4. The van der Waals surface area contributed by atoms with E-state index >= 15 is 0 Å². The van der Waals surface area contributed by atoms with E-state index in [1.165, 1.54) is 10.9 Å². The number of rotatable bonds is 4. The van der Waals surface area contributed by atoms with Gasteiger partial charge in [-0.2, -0.15) is 11.2 Å². The van der Waals surface area contributed by atoms with E-state index in [2.05, 4.69) is 32.2 Å². The summed E-state index contributed by atoms with van der Waals surface area (Å²) in [7, 11) is 0. The fraction of sp³-hybridized carbons (Fsp3) is 0.143. The summed E-state index contributed by atoms with van der Waals surface area (Å²) >= 11 is 0. The molecule has 0 fully saturated rings. The molecule has 4 aromatic heterocycles. The molecule has 0 aliphatic heterocycles. The van der Waals surface area contributed by atoms with E-state index in [0.29, 0.717) is 11.4 Å². The minimum absolute atomic E-state index is 0. The second kappa shape index (κ2) is 8.67. The third-order valence-electron chi connectivity index (χ3n) is 4.56. The average Bonchev–Trinajstić information content (AvgIpc) is 3.18. The van der Waals surface area contributed by atoms with Crippen molar-refractivity contribution in [1.82, 2.24) is 24.7 Å². The van der Waals surface area contributed by atoms with Gasteiger partial charge in [-0.1, -0.05) is 29.4 Å².